The molecule has 0 spiro atoms. The summed E-state index contributed by atoms with van der Waals surface area (Å²) in [4.78, 5) is 10.4. The van der Waals surface area contributed by atoms with Crippen molar-refractivity contribution in [2.75, 3.05) is 19.7 Å². The van der Waals surface area contributed by atoms with Gasteiger partial charge < -0.3 is 15.8 Å². The van der Waals surface area contributed by atoms with E-state index in [1.807, 2.05) is 0 Å². The maximum atomic E-state index is 10.4. The number of carbonyl (C=O) groups excluding carboxylic acids is 1. The molecule has 1 aromatic carbocycles. The van der Waals surface area contributed by atoms with Gasteiger partial charge in [0.15, 0.2) is 0 Å². The Morgan fingerprint density at radius 3 is 2.56 bits per heavy atom. The highest BCUT2D eigenvalue weighted by Crippen LogP contribution is 2.27. The zero-order chi connectivity index (χ0) is 12.0. The molecule has 0 saturated heterocycles. The first-order valence-corrected chi connectivity index (χ1v) is 5.42. The number of nitrogens with one attached hydrogen (secondary N) is 1. The summed E-state index contributed by atoms with van der Waals surface area (Å²) in [6.45, 7) is 1.05. The average Bonchev–Trinajstić information content (AvgIpc) is 2.20. The van der Waals surface area contributed by atoms with Crippen LogP contribution in [0.25, 0.3) is 0 Å². The molecule has 0 aromatic heterocycles. The van der Waals surface area contributed by atoms with Gasteiger partial charge in [0.2, 0.25) is 5.91 Å². The highest BCUT2D eigenvalue weighted by atomic mass is 35.5. The predicted octanol–water partition coefficient (Wildman–Crippen LogP) is 2.29. The number of hydrogen-bond acceptors (Lipinski definition) is 3. The lowest BCUT2D eigenvalue weighted by Gasteiger charge is -2.08. The van der Waals surface area contributed by atoms with Crippen molar-refractivity contribution in [3.63, 3.8) is 0 Å². The Morgan fingerprint density at radius 1 is 1.33 bits per heavy atom. The number of hydrogen-bond donors (Lipinski definition) is 2. The third kappa shape index (κ3) is 7.84. The molecule has 18 heavy (non-hydrogen) atoms. The van der Waals surface area contributed by atoms with Gasteiger partial charge in [-0.2, -0.15) is 0 Å². The van der Waals surface area contributed by atoms with Crippen LogP contribution in [-0.2, 0) is 4.79 Å². The Kier molecular flexibility index (Phi) is 11.7. The summed E-state index contributed by atoms with van der Waals surface area (Å²) in [5.74, 6) is 0.163. The van der Waals surface area contributed by atoms with Crippen molar-refractivity contribution in [3.05, 3.63) is 28.2 Å². The van der Waals surface area contributed by atoms with Crippen molar-refractivity contribution in [2.45, 2.75) is 0 Å². The van der Waals surface area contributed by atoms with E-state index in [0.29, 0.717) is 28.9 Å². The molecule has 0 atom stereocenters. The molecule has 1 aromatic rings. The van der Waals surface area contributed by atoms with E-state index >= 15 is 0 Å². The first-order chi connectivity index (χ1) is 7.59. The maximum absolute atomic E-state index is 10.4. The Bertz CT molecular complexity index is 377. The average molecular weight is 336 g/mol. The second-order valence-electron chi connectivity index (χ2n) is 3.07. The van der Waals surface area contributed by atoms with Crippen LogP contribution < -0.4 is 15.8 Å². The highest BCUT2D eigenvalue weighted by Gasteiger charge is 2.01. The van der Waals surface area contributed by atoms with Crippen LogP contribution in [0.1, 0.15) is 0 Å². The van der Waals surface area contributed by atoms with Gasteiger partial charge in [-0.15, -0.1) is 24.8 Å². The van der Waals surface area contributed by atoms with Crippen molar-refractivity contribution >= 4 is 53.9 Å². The lowest BCUT2D eigenvalue weighted by atomic mass is 10.3. The lowest BCUT2D eigenvalue weighted by Crippen LogP contribution is -2.31. The van der Waals surface area contributed by atoms with Crippen LogP contribution in [0.2, 0.25) is 10.0 Å². The van der Waals surface area contributed by atoms with E-state index in [2.05, 4.69) is 5.32 Å². The minimum Gasteiger partial charge on any atom is -0.491 e. The smallest absolute Gasteiger partial charge is 0.231 e. The molecular formula is C10H14Cl4N2O2. The van der Waals surface area contributed by atoms with Gasteiger partial charge in [0.25, 0.3) is 0 Å². The standard InChI is InChI=1S/C10H12Cl2N2O2.2ClH/c11-7-1-2-9(8(12)5-7)16-4-3-14-6-10(13)15;;/h1-2,5,14H,3-4,6H2,(H2,13,15);2*1H. The molecule has 0 aliphatic rings. The minimum absolute atomic E-state index is 0. The maximum Gasteiger partial charge on any atom is 0.231 e. The minimum atomic E-state index is -0.399. The zero-order valence-corrected chi connectivity index (χ0v) is 12.5. The molecule has 0 bridgehead atoms. The van der Waals surface area contributed by atoms with Crippen molar-refractivity contribution in [2.24, 2.45) is 5.73 Å². The first kappa shape index (κ1) is 19.9. The number of amides is 1. The summed E-state index contributed by atoms with van der Waals surface area (Å²) < 4.78 is 5.37. The monoisotopic (exact) mass is 334 g/mol. The Labute approximate surface area is 128 Å². The Morgan fingerprint density at radius 2 is 2.00 bits per heavy atom. The summed E-state index contributed by atoms with van der Waals surface area (Å²) in [5, 5.41) is 3.84. The molecule has 4 nitrogen and oxygen atoms in total. The van der Waals surface area contributed by atoms with Gasteiger partial charge in [-0.3, -0.25) is 4.79 Å². The van der Waals surface area contributed by atoms with E-state index in [1.165, 1.54) is 0 Å². The molecule has 0 radical (unpaired) electrons. The van der Waals surface area contributed by atoms with Gasteiger partial charge in [-0.25, -0.2) is 0 Å². The van der Waals surface area contributed by atoms with E-state index in [1.54, 1.807) is 18.2 Å². The SMILES string of the molecule is Cl.Cl.NC(=O)CNCCOc1ccc(Cl)cc1Cl. The Balaban J connectivity index is 0. The number of rotatable bonds is 6. The third-order valence-corrected chi connectivity index (χ3v) is 2.26. The fourth-order valence-corrected chi connectivity index (χ4v) is 1.50. The highest BCUT2D eigenvalue weighted by molar-refractivity contribution is 6.35. The molecule has 0 aliphatic carbocycles. The number of halogens is 4. The molecule has 0 saturated carbocycles. The van der Waals surface area contributed by atoms with Crippen molar-refractivity contribution in [1.29, 1.82) is 0 Å². The van der Waals surface area contributed by atoms with Crippen LogP contribution in [-0.4, -0.2) is 25.6 Å². The van der Waals surface area contributed by atoms with Crippen molar-refractivity contribution in [3.8, 4) is 5.75 Å². The number of ether oxygens (including phenoxy) is 1. The van der Waals surface area contributed by atoms with Gasteiger partial charge >= 0.3 is 0 Å². The molecule has 0 unspecified atom stereocenters. The number of nitrogens with two attached hydrogens (primary N) is 1. The number of primary amides is 1. The largest absolute Gasteiger partial charge is 0.491 e. The van der Waals surface area contributed by atoms with Crippen molar-refractivity contribution in [1.82, 2.24) is 5.32 Å². The molecule has 3 N–H and O–H groups in total. The number of carbonyl (C=O) groups is 1. The van der Waals surface area contributed by atoms with Crippen LogP contribution in [0.5, 0.6) is 5.75 Å². The molecule has 0 heterocycles. The summed E-state index contributed by atoms with van der Waals surface area (Å²) in [5.41, 5.74) is 4.95. The second-order valence-corrected chi connectivity index (χ2v) is 3.91. The molecule has 1 amide bonds. The second kappa shape index (κ2) is 10.5. The molecule has 104 valence electrons. The van der Waals surface area contributed by atoms with Crippen LogP contribution in [0.15, 0.2) is 18.2 Å². The molecule has 0 fully saturated rings. The summed E-state index contributed by atoms with van der Waals surface area (Å²) in [6, 6.07) is 4.99. The molecule has 1 rings (SSSR count). The first-order valence-electron chi connectivity index (χ1n) is 4.66. The summed E-state index contributed by atoms with van der Waals surface area (Å²) >= 11 is 11.6. The molecule has 0 aliphatic heterocycles. The molecular weight excluding hydrogens is 322 g/mol. The van der Waals surface area contributed by atoms with Gasteiger partial charge in [0, 0.05) is 11.6 Å². The van der Waals surface area contributed by atoms with E-state index in [4.69, 9.17) is 33.7 Å². The summed E-state index contributed by atoms with van der Waals surface area (Å²) in [7, 11) is 0. The quantitative estimate of drug-likeness (QED) is 0.784. The third-order valence-electron chi connectivity index (χ3n) is 1.73. The predicted molar refractivity (Wildman–Crippen MR) is 78.5 cm³/mol. The lowest BCUT2D eigenvalue weighted by molar-refractivity contribution is -0.117. The van der Waals surface area contributed by atoms with Gasteiger partial charge in [0.1, 0.15) is 12.4 Å². The molecule has 8 heteroatoms. The normalized spacial score (nSPS) is 9.00. The van der Waals surface area contributed by atoms with Crippen LogP contribution in [0.3, 0.4) is 0 Å². The van der Waals surface area contributed by atoms with Crippen LogP contribution in [0, 0.1) is 0 Å². The van der Waals surface area contributed by atoms with E-state index < -0.39 is 5.91 Å². The van der Waals surface area contributed by atoms with Gasteiger partial charge in [-0.05, 0) is 18.2 Å². The topological polar surface area (TPSA) is 64.4 Å². The zero-order valence-electron chi connectivity index (χ0n) is 9.32. The van der Waals surface area contributed by atoms with Crippen LogP contribution >= 0.6 is 48.0 Å². The van der Waals surface area contributed by atoms with Crippen LogP contribution in [0.4, 0.5) is 0 Å². The van der Waals surface area contributed by atoms with E-state index in [0.717, 1.165) is 0 Å². The van der Waals surface area contributed by atoms with Gasteiger partial charge in [-0.1, -0.05) is 23.2 Å². The summed E-state index contributed by atoms with van der Waals surface area (Å²) in [6.07, 6.45) is 0. The van der Waals surface area contributed by atoms with E-state index in [-0.39, 0.29) is 31.4 Å². The fraction of sp³-hybridized carbons (Fsp3) is 0.300. The van der Waals surface area contributed by atoms with Gasteiger partial charge in [0.05, 0.1) is 11.6 Å². The number of benzene rings is 1. The Hall–Kier alpha value is -0.390. The van der Waals surface area contributed by atoms with E-state index in [9.17, 15) is 4.79 Å². The fourth-order valence-electron chi connectivity index (χ4n) is 1.04. The van der Waals surface area contributed by atoms with Crippen molar-refractivity contribution < 1.29 is 9.53 Å².